The third-order valence-corrected chi connectivity index (χ3v) is 3.72. The Morgan fingerprint density at radius 2 is 1.58 bits per heavy atom. The number of hydrogen-bond donors (Lipinski definition) is 1. The van der Waals surface area contributed by atoms with E-state index < -0.39 is 29.3 Å². The first-order valence-corrected chi connectivity index (χ1v) is 7.75. The Hall–Kier alpha value is -2.56. The van der Waals surface area contributed by atoms with Crippen molar-refractivity contribution in [2.45, 2.75) is 6.18 Å². The van der Waals surface area contributed by atoms with Crippen molar-refractivity contribution in [3.05, 3.63) is 63.6 Å². The summed E-state index contributed by atoms with van der Waals surface area (Å²) in [6.45, 7) is 0. The number of nitriles is 1. The van der Waals surface area contributed by atoms with E-state index >= 15 is 0 Å². The van der Waals surface area contributed by atoms with Crippen molar-refractivity contribution in [2.24, 2.45) is 5.92 Å². The molecule has 0 saturated carbocycles. The average molecular weight is 401 g/mol. The second-order valence-electron chi connectivity index (χ2n) is 5.15. The number of nitrogens with zero attached hydrogens (tertiary/aromatic N) is 1. The first kappa shape index (κ1) is 19.8. The van der Waals surface area contributed by atoms with Gasteiger partial charge in [-0.05, 0) is 42.5 Å². The van der Waals surface area contributed by atoms with Gasteiger partial charge in [-0.25, -0.2) is 0 Å². The summed E-state index contributed by atoms with van der Waals surface area (Å²) in [6.07, 6.45) is -4.51. The maximum absolute atomic E-state index is 12.5. The molecule has 0 radical (unpaired) electrons. The van der Waals surface area contributed by atoms with Gasteiger partial charge in [-0.15, -0.1) is 0 Å². The van der Waals surface area contributed by atoms with E-state index in [1.54, 1.807) is 6.07 Å². The Morgan fingerprint density at radius 1 is 1.04 bits per heavy atom. The molecule has 0 bridgehead atoms. The van der Waals surface area contributed by atoms with Crippen molar-refractivity contribution in [1.29, 1.82) is 5.26 Å². The number of carbonyl (C=O) groups excluding carboxylic acids is 2. The molecule has 0 aliphatic rings. The number of halogens is 5. The van der Waals surface area contributed by atoms with Crippen LogP contribution in [-0.4, -0.2) is 11.7 Å². The van der Waals surface area contributed by atoms with Crippen LogP contribution in [0.25, 0.3) is 0 Å². The van der Waals surface area contributed by atoms with E-state index in [1.165, 1.54) is 18.2 Å². The number of hydrogen-bond acceptors (Lipinski definition) is 3. The molecular formula is C17H9Cl2F3N2O2. The summed E-state index contributed by atoms with van der Waals surface area (Å²) in [6, 6.07) is 9.05. The van der Waals surface area contributed by atoms with Crippen LogP contribution in [0.4, 0.5) is 18.9 Å². The minimum Gasteiger partial charge on any atom is -0.325 e. The van der Waals surface area contributed by atoms with Crippen molar-refractivity contribution >= 4 is 40.6 Å². The summed E-state index contributed by atoms with van der Waals surface area (Å²) < 4.78 is 37.6. The molecule has 0 saturated heterocycles. The smallest absolute Gasteiger partial charge is 0.325 e. The van der Waals surface area contributed by atoms with Crippen molar-refractivity contribution in [2.75, 3.05) is 5.32 Å². The predicted octanol–water partition coefficient (Wildman–Crippen LogP) is 4.97. The lowest BCUT2D eigenvalue weighted by Gasteiger charge is -2.11. The second-order valence-corrected chi connectivity index (χ2v) is 6.02. The molecule has 134 valence electrons. The van der Waals surface area contributed by atoms with Crippen molar-refractivity contribution < 1.29 is 22.8 Å². The highest BCUT2D eigenvalue weighted by molar-refractivity contribution is 6.35. The minimum atomic E-state index is -4.51. The molecule has 0 aliphatic heterocycles. The normalized spacial score (nSPS) is 12.2. The van der Waals surface area contributed by atoms with E-state index in [0.29, 0.717) is 0 Å². The van der Waals surface area contributed by atoms with Gasteiger partial charge < -0.3 is 5.32 Å². The van der Waals surface area contributed by atoms with Crippen LogP contribution < -0.4 is 5.32 Å². The van der Waals surface area contributed by atoms with Gasteiger partial charge in [0.15, 0.2) is 11.7 Å². The van der Waals surface area contributed by atoms with E-state index in [4.69, 9.17) is 28.5 Å². The molecule has 0 aliphatic carbocycles. The summed E-state index contributed by atoms with van der Waals surface area (Å²) in [5, 5.41) is 11.7. The lowest BCUT2D eigenvalue weighted by molar-refractivity contribution is -0.137. The summed E-state index contributed by atoms with van der Waals surface area (Å²) in [4.78, 5) is 24.5. The molecule has 26 heavy (non-hydrogen) atoms. The van der Waals surface area contributed by atoms with E-state index in [2.05, 4.69) is 5.32 Å². The van der Waals surface area contributed by atoms with E-state index in [0.717, 1.165) is 24.3 Å². The molecule has 2 aromatic carbocycles. The number of alkyl halides is 3. The van der Waals surface area contributed by atoms with Gasteiger partial charge in [0.2, 0.25) is 5.91 Å². The number of carbonyl (C=O) groups is 2. The molecule has 1 amide bonds. The largest absolute Gasteiger partial charge is 0.416 e. The zero-order valence-corrected chi connectivity index (χ0v) is 14.3. The fraction of sp³-hybridized carbons (Fsp3) is 0.118. The fourth-order valence-corrected chi connectivity index (χ4v) is 2.58. The third kappa shape index (κ3) is 4.75. The summed E-state index contributed by atoms with van der Waals surface area (Å²) in [7, 11) is 0. The van der Waals surface area contributed by atoms with Crippen LogP contribution in [0.2, 0.25) is 10.0 Å². The van der Waals surface area contributed by atoms with Crippen LogP contribution in [0, 0.1) is 17.2 Å². The van der Waals surface area contributed by atoms with Crippen molar-refractivity contribution in [3.8, 4) is 6.07 Å². The zero-order valence-electron chi connectivity index (χ0n) is 12.8. The highest BCUT2D eigenvalue weighted by atomic mass is 35.5. The Kier molecular flexibility index (Phi) is 5.90. The molecule has 1 unspecified atom stereocenters. The van der Waals surface area contributed by atoms with Gasteiger partial charge in [0, 0.05) is 21.3 Å². The number of ketones is 1. The molecule has 9 heteroatoms. The lowest BCUT2D eigenvalue weighted by atomic mass is 9.98. The topological polar surface area (TPSA) is 70.0 Å². The van der Waals surface area contributed by atoms with Gasteiger partial charge in [-0.2, -0.15) is 18.4 Å². The first-order chi connectivity index (χ1) is 12.1. The number of Topliss-reactive ketones (excluding diaryl/α,β-unsaturated/α-hetero) is 1. The molecule has 0 aromatic heterocycles. The average Bonchev–Trinajstić information content (AvgIpc) is 2.54. The van der Waals surface area contributed by atoms with Crippen molar-refractivity contribution in [1.82, 2.24) is 0 Å². The standard InChI is InChI=1S/C17H9Cl2F3N2O2/c18-11-5-9(6-12(19)7-11)15(25)14(8-23)16(26)24-13-3-1-10(2-4-13)17(20,21)22/h1-7,14H,(H,24,26). The number of rotatable bonds is 4. The Bertz CT molecular complexity index is 870. The third-order valence-electron chi connectivity index (χ3n) is 3.28. The Labute approximate surface area is 156 Å². The van der Waals surface area contributed by atoms with E-state index in [9.17, 15) is 22.8 Å². The van der Waals surface area contributed by atoms with Crippen LogP contribution in [0.15, 0.2) is 42.5 Å². The minimum absolute atomic E-state index is 0.0141. The molecule has 0 spiro atoms. The monoisotopic (exact) mass is 400 g/mol. The predicted molar refractivity (Wildman–Crippen MR) is 90.0 cm³/mol. The summed E-state index contributed by atoms with van der Waals surface area (Å²) in [5.74, 6) is -3.53. The Balaban J connectivity index is 2.18. The summed E-state index contributed by atoms with van der Waals surface area (Å²) >= 11 is 11.6. The van der Waals surface area contributed by atoms with Gasteiger partial charge in [0.1, 0.15) is 0 Å². The highest BCUT2D eigenvalue weighted by Gasteiger charge is 2.31. The lowest BCUT2D eigenvalue weighted by Crippen LogP contribution is -2.28. The van der Waals surface area contributed by atoms with Crippen LogP contribution in [-0.2, 0) is 11.0 Å². The number of amides is 1. The summed E-state index contributed by atoms with van der Waals surface area (Å²) in [5.41, 5.74) is -0.909. The maximum atomic E-state index is 12.5. The maximum Gasteiger partial charge on any atom is 0.416 e. The van der Waals surface area contributed by atoms with Crippen LogP contribution in [0.5, 0.6) is 0 Å². The first-order valence-electron chi connectivity index (χ1n) is 7.00. The molecule has 4 nitrogen and oxygen atoms in total. The van der Waals surface area contributed by atoms with Crippen LogP contribution in [0.1, 0.15) is 15.9 Å². The molecule has 2 aromatic rings. The van der Waals surface area contributed by atoms with E-state index in [-0.39, 0.29) is 21.3 Å². The van der Waals surface area contributed by atoms with Gasteiger partial charge in [0.05, 0.1) is 11.6 Å². The number of anilines is 1. The zero-order chi connectivity index (χ0) is 19.5. The highest BCUT2D eigenvalue weighted by Crippen LogP contribution is 2.30. The molecule has 1 atom stereocenters. The van der Waals surface area contributed by atoms with Crippen molar-refractivity contribution in [3.63, 3.8) is 0 Å². The quantitative estimate of drug-likeness (QED) is 0.581. The molecule has 2 rings (SSSR count). The molecule has 1 N–H and O–H groups in total. The van der Waals surface area contributed by atoms with Gasteiger partial charge in [0.25, 0.3) is 0 Å². The Morgan fingerprint density at radius 3 is 2.04 bits per heavy atom. The molecule has 0 fully saturated rings. The SMILES string of the molecule is N#CC(C(=O)Nc1ccc(C(F)(F)F)cc1)C(=O)c1cc(Cl)cc(Cl)c1. The molecule has 0 heterocycles. The van der Waals surface area contributed by atoms with Crippen LogP contribution in [0.3, 0.4) is 0 Å². The number of benzene rings is 2. The molecular weight excluding hydrogens is 392 g/mol. The number of nitrogens with one attached hydrogen (secondary N) is 1. The fourth-order valence-electron chi connectivity index (χ4n) is 2.06. The van der Waals surface area contributed by atoms with Gasteiger partial charge in [-0.3, -0.25) is 9.59 Å². The van der Waals surface area contributed by atoms with E-state index in [1.807, 2.05) is 0 Å². The van der Waals surface area contributed by atoms with Crippen LogP contribution >= 0.6 is 23.2 Å². The van der Waals surface area contributed by atoms with Gasteiger partial charge in [-0.1, -0.05) is 23.2 Å². The second kappa shape index (κ2) is 7.77. The van der Waals surface area contributed by atoms with Gasteiger partial charge >= 0.3 is 6.18 Å².